The fraction of sp³-hybridized carbons (Fsp3) is 0.692. The van der Waals surface area contributed by atoms with E-state index in [2.05, 4.69) is 10.5 Å². The standard InChI is InChI=1S/C13H21N3O2/c1-10-7-12(15-18-10)9-16(2)13(17)8-11-3-5-14-6-4-11/h7,11,14H,3-6,8-9H2,1-2H3. The third kappa shape index (κ3) is 3.57. The van der Waals surface area contributed by atoms with Crippen LogP contribution >= 0.6 is 0 Å². The van der Waals surface area contributed by atoms with Gasteiger partial charge in [0.05, 0.1) is 6.54 Å². The minimum absolute atomic E-state index is 0.197. The highest BCUT2D eigenvalue weighted by molar-refractivity contribution is 5.76. The van der Waals surface area contributed by atoms with Crippen LogP contribution in [0.4, 0.5) is 0 Å². The van der Waals surface area contributed by atoms with E-state index in [1.165, 1.54) is 0 Å². The average molecular weight is 251 g/mol. The maximum atomic E-state index is 12.1. The van der Waals surface area contributed by atoms with Crippen molar-refractivity contribution in [1.29, 1.82) is 0 Å². The second kappa shape index (κ2) is 6.00. The molecular formula is C13H21N3O2. The maximum absolute atomic E-state index is 12.1. The van der Waals surface area contributed by atoms with Gasteiger partial charge in [-0.05, 0) is 38.8 Å². The van der Waals surface area contributed by atoms with Crippen LogP contribution in [0.3, 0.4) is 0 Å². The largest absolute Gasteiger partial charge is 0.361 e. The summed E-state index contributed by atoms with van der Waals surface area (Å²) in [5, 5.41) is 7.22. The minimum atomic E-state index is 0.197. The second-order valence-corrected chi connectivity index (χ2v) is 5.08. The molecule has 2 heterocycles. The van der Waals surface area contributed by atoms with E-state index in [0.717, 1.165) is 37.4 Å². The van der Waals surface area contributed by atoms with Crippen LogP contribution in [0.25, 0.3) is 0 Å². The molecule has 0 radical (unpaired) electrons. The van der Waals surface area contributed by atoms with Crippen LogP contribution in [-0.4, -0.2) is 36.1 Å². The molecule has 1 aromatic rings. The summed E-state index contributed by atoms with van der Waals surface area (Å²) in [7, 11) is 1.83. The van der Waals surface area contributed by atoms with Crippen molar-refractivity contribution in [2.24, 2.45) is 5.92 Å². The number of hydrogen-bond donors (Lipinski definition) is 1. The van der Waals surface area contributed by atoms with Crippen molar-refractivity contribution in [2.45, 2.75) is 32.7 Å². The molecule has 1 aliphatic rings. The van der Waals surface area contributed by atoms with Gasteiger partial charge in [-0.3, -0.25) is 4.79 Å². The number of aromatic nitrogens is 1. The van der Waals surface area contributed by atoms with E-state index in [0.29, 0.717) is 18.9 Å². The van der Waals surface area contributed by atoms with Gasteiger partial charge < -0.3 is 14.7 Å². The van der Waals surface area contributed by atoms with Crippen LogP contribution in [0.15, 0.2) is 10.6 Å². The highest BCUT2D eigenvalue weighted by atomic mass is 16.5. The fourth-order valence-corrected chi connectivity index (χ4v) is 2.31. The SMILES string of the molecule is Cc1cc(CN(C)C(=O)CC2CCNCC2)no1. The van der Waals surface area contributed by atoms with Crippen molar-refractivity contribution in [3.8, 4) is 0 Å². The smallest absolute Gasteiger partial charge is 0.222 e. The van der Waals surface area contributed by atoms with E-state index in [-0.39, 0.29) is 5.91 Å². The van der Waals surface area contributed by atoms with E-state index in [9.17, 15) is 4.79 Å². The minimum Gasteiger partial charge on any atom is -0.361 e. The molecule has 1 fully saturated rings. The molecule has 1 amide bonds. The number of nitrogens with zero attached hydrogens (tertiary/aromatic N) is 2. The first-order valence-electron chi connectivity index (χ1n) is 6.52. The normalized spacial score (nSPS) is 16.8. The van der Waals surface area contributed by atoms with Crippen molar-refractivity contribution in [3.63, 3.8) is 0 Å². The van der Waals surface area contributed by atoms with Gasteiger partial charge in [0.25, 0.3) is 0 Å². The van der Waals surface area contributed by atoms with Gasteiger partial charge >= 0.3 is 0 Å². The first-order chi connectivity index (χ1) is 8.65. The van der Waals surface area contributed by atoms with Crippen LogP contribution in [-0.2, 0) is 11.3 Å². The van der Waals surface area contributed by atoms with Gasteiger partial charge in [-0.15, -0.1) is 0 Å². The first kappa shape index (κ1) is 13.1. The Kier molecular flexibility index (Phi) is 4.36. The van der Waals surface area contributed by atoms with Gasteiger partial charge in [-0.2, -0.15) is 0 Å². The molecule has 0 saturated carbocycles. The molecule has 0 aromatic carbocycles. The molecule has 5 nitrogen and oxygen atoms in total. The van der Waals surface area contributed by atoms with Crippen molar-refractivity contribution in [2.75, 3.05) is 20.1 Å². The van der Waals surface area contributed by atoms with Crippen LogP contribution < -0.4 is 5.32 Å². The molecular weight excluding hydrogens is 230 g/mol. The molecule has 0 spiro atoms. The van der Waals surface area contributed by atoms with Crippen LogP contribution in [0.2, 0.25) is 0 Å². The van der Waals surface area contributed by atoms with Gasteiger partial charge in [0, 0.05) is 19.5 Å². The average Bonchev–Trinajstić information content (AvgIpc) is 2.76. The molecule has 100 valence electrons. The van der Waals surface area contributed by atoms with E-state index in [1.54, 1.807) is 4.90 Å². The quantitative estimate of drug-likeness (QED) is 0.877. The maximum Gasteiger partial charge on any atom is 0.222 e. The second-order valence-electron chi connectivity index (χ2n) is 5.08. The number of rotatable bonds is 4. The first-order valence-corrected chi connectivity index (χ1v) is 6.52. The number of carbonyl (C=O) groups excluding carboxylic acids is 1. The summed E-state index contributed by atoms with van der Waals surface area (Å²) in [4.78, 5) is 13.8. The predicted molar refractivity (Wildman–Crippen MR) is 67.9 cm³/mol. The Morgan fingerprint density at radius 1 is 1.56 bits per heavy atom. The lowest BCUT2D eigenvalue weighted by molar-refractivity contribution is -0.131. The van der Waals surface area contributed by atoms with Crippen LogP contribution in [0, 0.1) is 12.8 Å². The van der Waals surface area contributed by atoms with E-state index < -0.39 is 0 Å². The van der Waals surface area contributed by atoms with E-state index in [1.807, 2.05) is 20.0 Å². The number of nitrogens with one attached hydrogen (secondary N) is 1. The Labute approximate surface area is 108 Å². The summed E-state index contributed by atoms with van der Waals surface area (Å²) in [6, 6.07) is 1.87. The number of carbonyl (C=O) groups is 1. The lowest BCUT2D eigenvalue weighted by Crippen LogP contribution is -2.33. The lowest BCUT2D eigenvalue weighted by atomic mass is 9.94. The Balaban J connectivity index is 1.80. The van der Waals surface area contributed by atoms with Gasteiger partial charge in [-0.25, -0.2) is 0 Å². The third-order valence-corrected chi connectivity index (χ3v) is 3.42. The Morgan fingerprint density at radius 2 is 2.28 bits per heavy atom. The van der Waals surface area contributed by atoms with Crippen LogP contribution in [0.1, 0.15) is 30.7 Å². The lowest BCUT2D eigenvalue weighted by Gasteiger charge is -2.24. The fourth-order valence-electron chi connectivity index (χ4n) is 2.31. The summed E-state index contributed by atoms with van der Waals surface area (Å²) < 4.78 is 5.00. The summed E-state index contributed by atoms with van der Waals surface area (Å²) in [6.07, 6.45) is 2.85. The number of amides is 1. The van der Waals surface area contributed by atoms with Gasteiger partial charge in [0.2, 0.25) is 5.91 Å². The van der Waals surface area contributed by atoms with Gasteiger partial charge in [0.1, 0.15) is 11.5 Å². The molecule has 0 aliphatic carbocycles. The molecule has 1 N–H and O–H groups in total. The van der Waals surface area contributed by atoms with Crippen LogP contribution in [0.5, 0.6) is 0 Å². The van der Waals surface area contributed by atoms with Crippen molar-refractivity contribution in [3.05, 3.63) is 17.5 Å². The van der Waals surface area contributed by atoms with E-state index in [4.69, 9.17) is 4.52 Å². The predicted octanol–water partition coefficient (Wildman–Crippen LogP) is 1.33. The molecule has 1 saturated heterocycles. The zero-order valence-corrected chi connectivity index (χ0v) is 11.1. The topological polar surface area (TPSA) is 58.4 Å². The highest BCUT2D eigenvalue weighted by Crippen LogP contribution is 2.17. The van der Waals surface area contributed by atoms with Gasteiger partial charge in [-0.1, -0.05) is 5.16 Å². The molecule has 1 aromatic heterocycles. The van der Waals surface area contributed by atoms with Crippen molar-refractivity contribution >= 4 is 5.91 Å². The molecule has 0 unspecified atom stereocenters. The Hall–Kier alpha value is -1.36. The Morgan fingerprint density at radius 3 is 2.89 bits per heavy atom. The molecule has 2 rings (SSSR count). The summed E-state index contributed by atoms with van der Waals surface area (Å²) >= 11 is 0. The molecule has 1 aliphatic heterocycles. The van der Waals surface area contributed by atoms with Gasteiger partial charge in [0.15, 0.2) is 0 Å². The van der Waals surface area contributed by atoms with E-state index >= 15 is 0 Å². The van der Waals surface area contributed by atoms with Crippen molar-refractivity contribution in [1.82, 2.24) is 15.4 Å². The molecule has 0 atom stereocenters. The molecule has 5 heteroatoms. The third-order valence-electron chi connectivity index (χ3n) is 3.42. The summed E-state index contributed by atoms with van der Waals surface area (Å²) in [5.74, 6) is 1.51. The molecule has 0 bridgehead atoms. The number of hydrogen-bond acceptors (Lipinski definition) is 4. The van der Waals surface area contributed by atoms with Crippen molar-refractivity contribution < 1.29 is 9.32 Å². The molecule has 18 heavy (non-hydrogen) atoms. The summed E-state index contributed by atoms with van der Waals surface area (Å²) in [5.41, 5.74) is 0.814. The number of piperidine rings is 1. The zero-order valence-electron chi connectivity index (χ0n) is 11.1. The number of aryl methyl sites for hydroxylation is 1. The highest BCUT2D eigenvalue weighted by Gasteiger charge is 2.19. The summed E-state index contributed by atoms with van der Waals surface area (Å²) in [6.45, 7) is 4.45. The zero-order chi connectivity index (χ0) is 13.0. The Bertz CT molecular complexity index is 397. The monoisotopic (exact) mass is 251 g/mol.